The van der Waals surface area contributed by atoms with Gasteiger partial charge in [-0.15, -0.1) is 0 Å². The van der Waals surface area contributed by atoms with Crippen LogP contribution < -0.4 is 4.72 Å². The van der Waals surface area contributed by atoms with Gasteiger partial charge in [-0.2, -0.15) is 5.10 Å². The standard InChI is InChI=1S/C10H8BrCl2N3O2S/c1-5-8(4-14-15-5)19(17,18)16-7-3-2-6(11)9(12)10(7)13/h2-4,16H,1H3,(H,14,15). The molecule has 0 spiro atoms. The van der Waals surface area contributed by atoms with Gasteiger partial charge in [-0.25, -0.2) is 8.42 Å². The van der Waals surface area contributed by atoms with Crippen molar-refractivity contribution in [1.82, 2.24) is 10.2 Å². The molecule has 0 saturated carbocycles. The van der Waals surface area contributed by atoms with E-state index in [0.29, 0.717) is 10.2 Å². The van der Waals surface area contributed by atoms with Gasteiger partial charge in [-0.1, -0.05) is 23.2 Å². The zero-order chi connectivity index (χ0) is 14.2. The maximum Gasteiger partial charge on any atom is 0.265 e. The molecule has 19 heavy (non-hydrogen) atoms. The maximum absolute atomic E-state index is 12.1. The van der Waals surface area contributed by atoms with Crippen molar-refractivity contribution >= 4 is 54.8 Å². The van der Waals surface area contributed by atoms with Gasteiger partial charge in [0, 0.05) is 4.47 Å². The Kier molecular flexibility index (Phi) is 4.10. The Hall–Kier alpha value is -0.760. The number of anilines is 1. The van der Waals surface area contributed by atoms with Crippen molar-refractivity contribution in [3.05, 3.63) is 38.5 Å². The molecule has 0 radical (unpaired) electrons. The predicted octanol–water partition coefficient (Wildman–Crippen LogP) is 3.59. The van der Waals surface area contributed by atoms with E-state index in [4.69, 9.17) is 23.2 Å². The number of nitrogens with zero attached hydrogens (tertiary/aromatic N) is 1. The summed E-state index contributed by atoms with van der Waals surface area (Å²) in [6.07, 6.45) is 1.23. The molecule has 102 valence electrons. The molecule has 2 N–H and O–H groups in total. The number of hydrogen-bond donors (Lipinski definition) is 2. The van der Waals surface area contributed by atoms with Gasteiger partial charge in [0.2, 0.25) is 0 Å². The fourth-order valence-electron chi connectivity index (χ4n) is 1.42. The molecule has 0 bridgehead atoms. The van der Waals surface area contributed by atoms with Crippen molar-refractivity contribution in [3.8, 4) is 0 Å². The molecule has 0 aliphatic heterocycles. The van der Waals surface area contributed by atoms with Gasteiger partial charge in [0.25, 0.3) is 10.0 Å². The molecule has 1 aromatic carbocycles. The molecule has 5 nitrogen and oxygen atoms in total. The first-order valence-corrected chi connectivity index (χ1v) is 8.02. The monoisotopic (exact) mass is 383 g/mol. The second-order valence-electron chi connectivity index (χ2n) is 3.69. The smallest absolute Gasteiger partial charge is 0.265 e. The Balaban J connectivity index is 2.42. The summed E-state index contributed by atoms with van der Waals surface area (Å²) in [5, 5.41) is 6.60. The van der Waals surface area contributed by atoms with Crippen molar-refractivity contribution in [2.45, 2.75) is 11.8 Å². The molecule has 0 fully saturated rings. The van der Waals surface area contributed by atoms with E-state index in [9.17, 15) is 8.42 Å². The van der Waals surface area contributed by atoms with Crippen LogP contribution in [0.15, 0.2) is 27.7 Å². The Morgan fingerprint density at radius 1 is 1.32 bits per heavy atom. The Morgan fingerprint density at radius 3 is 2.58 bits per heavy atom. The predicted molar refractivity (Wildman–Crippen MR) is 78.3 cm³/mol. The number of aromatic amines is 1. The van der Waals surface area contributed by atoms with Crippen LogP contribution >= 0.6 is 39.1 Å². The van der Waals surface area contributed by atoms with E-state index in [0.717, 1.165) is 0 Å². The lowest BCUT2D eigenvalue weighted by atomic mass is 10.3. The molecule has 0 aliphatic carbocycles. The first-order valence-electron chi connectivity index (χ1n) is 4.99. The minimum Gasteiger partial charge on any atom is -0.281 e. The van der Waals surface area contributed by atoms with Gasteiger partial charge in [0.1, 0.15) is 4.90 Å². The van der Waals surface area contributed by atoms with Crippen LogP contribution in [0.3, 0.4) is 0 Å². The fraction of sp³-hybridized carbons (Fsp3) is 0.100. The quantitative estimate of drug-likeness (QED) is 0.794. The van der Waals surface area contributed by atoms with E-state index >= 15 is 0 Å². The van der Waals surface area contributed by atoms with E-state index in [-0.39, 0.29) is 20.6 Å². The molecular formula is C10H8BrCl2N3O2S. The molecule has 0 atom stereocenters. The highest BCUT2D eigenvalue weighted by molar-refractivity contribution is 9.10. The first-order chi connectivity index (χ1) is 8.83. The Labute approximate surface area is 128 Å². The average molecular weight is 385 g/mol. The van der Waals surface area contributed by atoms with E-state index in [1.807, 2.05) is 0 Å². The minimum absolute atomic E-state index is 0.0580. The lowest BCUT2D eigenvalue weighted by Gasteiger charge is -2.10. The molecule has 0 saturated heterocycles. The molecule has 1 heterocycles. The summed E-state index contributed by atoms with van der Waals surface area (Å²) < 4.78 is 27.3. The average Bonchev–Trinajstić information content (AvgIpc) is 2.77. The number of sulfonamides is 1. The summed E-state index contributed by atoms with van der Waals surface area (Å²) in [7, 11) is -3.75. The van der Waals surface area contributed by atoms with Gasteiger partial charge in [-0.3, -0.25) is 9.82 Å². The van der Waals surface area contributed by atoms with Crippen LogP contribution in [0.1, 0.15) is 5.69 Å². The fourth-order valence-corrected chi connectivity index (χ4v) is 3.50. The third-order valence-corrected chi connectivity index (χ3v) is 5.60. The summed E-state index contributed by atoms with van der Waals surface area (Å²) in [5.74, 6) is 0. The SMILES string of the molecule is Cc1[nH]ncc1S(=O)(=O)Nc1ccc(Br)c(Cl)c1Cl. The van der Waals surface area contributed by atoms with Gasteiger partial charge in [-0.05, 0) is 35.0 Å². The van der Waals surface area contributed by atoms with Gasteiger partial charge >= 0.3 is 0 Å². The van der Waals surface area contributed by atoms with Crippen molar-refractivity contribution < 1.29 is 8.42 Å². The van der Waals surface area contributed by atoms with Crippen LogP contribution in [0.4, 0.5) is 5.69 Å². The number of aryl methyl sites for hydroxylation is 1. The summed E-state index contributed by atoms with van der Waals surface area (Å²) in [5.41, 5.74) is 0.641. The number of halogens is 3. The van der Waals surface area contributed by atoms with Crippen molar-refractivity contribution in [2.75, 3.05) is 4.72 Å². The van der Waals surface area contributed by atoms with Crippen LogP contribution in [0, 0.1) is 6.92 Å². The van der Waals surface area contributed by atoms with Crippen LogP contribution in [0.5, 0.6) is 0 Å². The van der Waals surface area contributed by atoms with Crippen LogP contribution in [0.2, 0.25) is 10.0 Å². The number of hydrogen-bond acceptors (Lipinski definition) is 3. The summed E-state index contributed by atoms with van der Waals surface area (Å²) in [4.78, 5) is 0.0580. The summed E-state index contributed by atoms with van der Waals surface area (Å²) in [6, 6.07) is 3.12. The zero-order valence-electron chi connectivity index (χ0n) is 9.54. The van der Waals surface area contributed by atoms with Crippen LogP contribution in [-0.4, -0.2) is 18.6 Å². The Morgan fingerprint density at radius 2 is 2.00 bits per heavy atom. The lowest BCUT2D eigenvalue weighted by molar-refractivity contribution is 0.600. The molecule has 2 rings (SSSR count). The summed E-state index contributed by atoms with van der Waals surface area (Å²) in [6.45, 7) is 1.61. The van der Waals surface area contributed by atoms with E-state index < -0.39 is 10.0 Å². The van der Waals surface area contributed by atoms with E-state index in [1.54, 1.807) is 13.0 Å². The van der Waals surface area contributed by atoms with Crippen molar-refractivity contribution in [2.24, 2.45) is 0 Å². The molecule has 0 amide bonds. The molecule has 0 unspecified atom stereocenters. The second-order valence-corrected chi connectivity index (χ2v) is 6.95. The third-order valence-electron chi connectivity index (χ3n) is 2.35. The highest BCUT2D eigenvalue weighted by Gasteiger charge is 2.20. The molecule has 2 aromatic rings. The molecular weight excluding hydrogens is 377 g/mol. The van der Waals surface area contributed by atoms with Crippen LogP contribution in [-0.2, 0) is 10.0 Å². The molecule has 0 aliphatic rings. The topological polar surface area (TPSA) is 74.8 Å². The Bertz CT molecular complexity index is 730. The van der Waals surface area contributed by atoms with Crippen molar-refractivity contribution in [3.63, 3.8) is 0 Å². The van der Waals surface area contributed by atoms with Crippen LogP contribution in [0.25, 0.3) is 0 Å². The highest BCUT2D eigenvalue weighted by Crippen LogP contribution is 2.36. The molecule has 9 heteroatoms. The van der Waals surface area contributed by atoms with Crippen molar-refractivity contribution in [1.29, 1.82) is 0 Å². The third kappa shape index (κ3) is 2.89. The highest BCUT2D eigenvalue weighted by atomic mass is 79.9. The number of H-pyrrole nitrogens is 1. The lowest BCUT2D eigenvalue weighted by Crippen LogP contribution is -2.13. The minimum atomic E-state index is -3.75. The number of nitrogens with one attached hydrogen (secondary N) is 2. The number of rotatable bonds is 3. The van der Waals surface area contributed by atoms with Gasteiger partial charge < -0.3 is 0 Å². The van der Waals surface area contributed by atoms with Gasteiger partial charge in [0.05, 0.1) is 27.6 Å². The number of aromatic nitrogens is 2. The zero-order valence-corrected chi connectivity index (χ0v) is 13.5. The largest absolute Gasteiger partial charge is 0.281 e. The summed E-state index contributed by atoms with van der Waals surface area (Å²) >= 11 is 15.1. The van der Waals surface area contributed by atoms with E-state index in [1.165, 1.54) is 12.3 Å². The normalized spacial score (nSPS) is 11.6. The first kappa shape index (κ1) is 14.6. The number of benzene rings is 1. The van der Waals surface area contributed by atoms with E-state index in [2.05, 4.69) is 30.8 Å². The maximum atomic E-state index is 12.1. The molecule has 1 aromatic heterocycles. The van der Waals surface area contributed by atoms with Gasteiger partial charge in [0.15, 0.2) is 0 Å². The second kappa shape index (κ2) is 5.32.